The molecule has 5 nitrogen and oxygen atoms in total. The summed E-state index contributed by atoms with van der Waals surface area (Å²) in [6, 6.07) is 7.74. The van der Waals surface area contributed by atoms with Gasteiger partial charge in [0.15, 0.2) is 0 Å². The van der Waals surface area contributed by atoms with Gasteiger partial charge >= 0.3 is 5.97 Å². The molecule has 1 unspecified atom stereocenters. The van der Waals surface area contributed by atoms with E-state index in [9.17, 15) is 4.79 Å². The van der Waals surface area contributed by atoms with Crippen LogP contribution in [0.15, 0.2) is 30.5 Å². The van der Waals surface area contributed by atoms with E-state index in [0.717, 1.165) is 23.1 Å². The van der Waals surface area contributed by atoms with Crippen LogP contribution in [0.5, 0.6) is 0 Å². The molecule has 1 aromatic carbocycles. The molecule has 0 spiro atoms. The van der Waals surface area contributed by atoms with E-state index in [1.54, 1.807) is 13.1 Å². The van der Waals surface area contributed by atoms with Crippen molar-refractivity contribution in [2.24, 2.45) is 5.92 Å². The molecule has 100 valence electrons. The van der Waals surface area contributed by atoms with Crippen molar-refractivity contribution in [2.45, 2.75) is 13.8 Å². The van der Waals surface area contributed by atoms with Crippen molar-refractivity contribution < 1.29 is 9.90 Å². The number of carboxylic acid groups (broad SMARTS) is 1. The lowest BCUT2D eigenvalue weighted by Gasteiger charge is -2.25. The van der Waals surface area contributed by atoms with Gasteiger partial charge in [-0.2, -0.15) is 10.2 Å². The molecule has 2 aromatic rings. The van der Waals surface area contributed by atoms with Crippen LogP contribution >= 0.6 is 0 Å². The van der Waals surface area contributed by atoms with Gasteiger partial charge < -0.3 is 10.0 Å². The summed E-state index contributed by atoms with van der Waals surface area (Å²) >= 11 is 0. The van der Waals surface area contributed by atoms with Gasteiger partial charge in [-0.3, -0.25) is 4.79 Å². The zero-order chi connectivity index (χ0) is 13.8. The Morgan fingerprint density at radius 1 is 1.42 bits per heavy atom. The van der Waals surface area contributed by atoms with Crippen LogP contribution in [0.2, 0.25) is 0 Å². The highest BCUT2D eigenvalue weighted by Crippen LogP contribution is 2.24. The maximum absolute atomic E-state index is 11.0. The smallest absolute Gasteiger partial charge is 0.308 e. The summed E-state index contributed by atoms with van der Waals surface area (Å²) in [5.41, 5.74) is 1.75. The Balaban J connectivity index is 2.38. The standard InChI is InChI=1S/C14H17N3O2/c1-3-17(9-10(2)14(18)19)13-8-15-16-12-7-5-4-6-11(12)13/h4-8,10H,3,9H2,1-2H3,(H,18,19). The predicted octanol–water partition coefficient (Wildman–Crippen LogP) is 2.18. The van der Waals surface area contributed by atoms with Gasteiger partial charge in [-0.1, -0.05) is 25.1 Å². The maximum atomic E-state index is 11.0. The lowest BCUT2D eigenvalue weighted by molar-refractivity contribution is -0.140. The Morgan fingerprint density at radius 2 is 2.16 bits per heavy atom. The molecular weight excluding hydrogens is 242 g/mol. The van der Waals surface area contributed by atoms with Crippen LogP contribution in [-0.4, -0.2) is 34.4 Å². The van der Waals surface area contributed by atoms with Gasteiger partial charge in [0.2, 0.25) is 0 Å². The second-order valence-electron chi connectivity index (χ2n) is 4.52. The lowest BCUT2D eigenvalue weighted by atomic mass is 10.1. The highest BCUT2D eigenvalue weighted by atomic mass is 16.4. The fourth-order valence-corrected chi connectivity index (χ4v) is 2.05. The Kier molecular flexibility index (Phi) is 3.94. The van der Waals surface area contributed by atoms with Gasteiger partial charge in [-0.15, -0.1) is 0 Å². The number of anilines is 1. The molecule has 0 amide bonds. The molecular formula is C14H17N3O2. The number of hydrogen-bond acceptors (Lipinski definition) is 4. The molecule has 1 aromatic heterocycles. The summed E-state index contributed by atoms with van der Waals surface area (Å²) in [5.74, 6) is -1.21. The lowest BCUT2D eigenvalue weighted by Crippen LogP contribution is -2.32. The predicted molar refractivity (Wildman–Crippen MR) is 74.2 cm³/mol. The van der Waals surface area contributed by atoms with Crippen molar-refractivity contribution >= 4 is 22.6 Å². The first kappa shape index (κ1) is 13.3. The number of nitrogens with zero attached hydrogens (tertiary/aromatic N) is 3. The van der Waals surface area contributed by atoms with Crippen molar-refractivity contribution in [3.05, 3.63) is 30.5 Å². The van der Waals surface area contributed by atoms with Crippen LogP contribution in [0.3, 0.4) is 0 Å². The Hall–Kier alpha value is -2.17. The van der Waals surface area contributed by atoms with Crippen molar-refractivity contribution in [3.8, 4) is 0 Å². The first-order valence-electron chi connectivity index (χ1n) is 6.31. The minimum absolute atomic E-state index is 0.424. The molecule has 19 heavy (non-hydrogen) atoms. The topological polar surface area (TPSA) is 66.3 Å². The van der Waals surface area contributed by atoms with Crippen LogP contribution < -0.4 is 4.90 Å². The zero-order valence-electron chi connectivity index (χ0n) is 11.1. The third-order valence-electron chi connectivity index (χ3n) is 3.16. The number of aliphatic carboxylic acids is 1. The highest BCUT2D eigenvalue weighted by molar-refractivity contribution is 5.90. The monoisotopic (exact) mass is 259 g/mol. The van der Waals surface area contributed by atoms with Crippen LogP contribution in [0.4, 0.5) is 5.69 Å². The van der Waals surface area contributed by atoms with E-state index in [4.69, 9.17) is 5.11 Å². The van der Waals surface area contributed by atoms with Gasteiger partial charge in [-0.25, -0.2) is 0 Å². The first-order chi connectivity index (χ1) is 9.13. The Labute approximate surface area is 111 Å². The number of rotatable bonds is 5. The number of hydrogen-bond donors (Lipinski definition) is 1. The molecule has 1 atom stereocenters. The largest absolute Gasteiger partial charge is 0.481 e. The van der Waals surface area contributed by atoms with Gasteiger partial charge in [-0.05, 0) is 13.0 Å². The highest BCUT2D eigenvalue weighted by Gasteiger charge is 2.17. The molecule has 0 aliphatic rings. The summed E-state index contributed by atoms with van der Waals surface area (Å²) in [6.07, 6.45) is 1.69. The fraction of sp³-hybridized carbons (Fsp3) is 0.357. The van der Waals surface area contributed by atoms with Gasteiger partial charge in [0.1, 0.15) is 0 Å². The summed E-state index contributed by atoms with van der Waals surface area (Å²) < 4.78 is 0. The number of carbonyl (C=O) groups is 1. The minimum atomic E-state index is -0.787. The molecule has 0 aliphatic carbocycles. The minimum Gasteiger partial charge on any atom is -0.481 e. The van der Waals surface area contributed by atoms with Crippen LogP contribution in [0.25, 0.3) is 10.9 Å². The van der Waals surface area contributed by atoms with E-state index in [-0.39, 0.29) is 0 Å². The molecule has 0 aliphatic heterocycles. The zero-order valence-corrected chi connectivity index (χ0v) is 11.1. The molecule has 0 fully saturated rings. The molecule has 1 heterocycles. The molecule has 5 heteroatoms. The number of fused-ring (bicyclic) bond motifs is 1. The second-order valence-corrected chi connectivity index (χ2v) is 4.52. The van der Waals surface area contributed by atoms with E-state index in [0.29, 0.717) is 6.54 Å². The molecule has 0 radical (unpaired) electrons. The third-order valence-corrected chi connectivity index (χ3v) is 3.16. The summed E-state index contributed by atoms with van der Waals surface area (Å²) in [6.45, 7) is 4.90. The van der Waals surface area contributed by atoms with Gasteiger partial charge in [0.25, 0.3) is 0 Å². The van der Waals surface area contributed by atoms with Gasteiger partial charge in [0.05, 0.1) is 23.3 Å². The molecule has 0 saturated heterocycles. The van der Waals surface area contributed by atoms with Crippen LogP contribution in [0, 0.1) is 5.92 Å². The van der Waals surface area contributed by atoms with Crippen LogP contribution in [-0.2, 0) is 4.79 Å². The summed E-state index contributed by atoms with van der Waals surface area (Å²) in [5, 5.41) is 18.1. The average molecular weight is 259 g/mol. The Morgan fingerprint density at radius 3 is 2.84 bits per heavy atom. The quantitative estimate of drug-likeness (QED) is 0.891. The summed E-state index contributed by atoms with van der Waals surface area (Å²) in [4.78, 5) is 13.0. The second kappa shape index (κ2) is 5.65. The molecule has 0 bridgehead atoms. The van der Waals surface area contributed by atoms with E-state index in [1.807, 2.05) is 36.1 Å². The van der Waals surface area contributed by atoms with E-state index < -0.39 is 11.9 Å². The van der Waals surface area contributed by atoms with E-state index >= 15 is 0 Å². The molecule has 2 rings (SSSR count). The number of benzene rings is 1. The van der Waals surface area contributed by atoms with Crippen molar-refractivity contribution in [2.75, 3.05) is 18.0 Å². The first-order valence-corrected chi connectivity index (χ1v) is 6.31. The SMILES string of the molecule is CCN(CC(C)C(=O)O)c1cnnc2ccccc12. The number of aromatic nitrogens is 2. The normalized spacial score (nSPS) is 12.3. The average Bonchev–Trinajstić information content (AvgIpc) is 2.44. The molecule has 0 saturated carbocycles. The number of carboxylic acids is 1. The molecule has 1 N–H and O–H groups in total. The van der Waals surface area contributed by atoms with Gasteiger partial charge in [0, 0.05) is 18.5 Å². The maximum Gasteiger partial charge on any atom is 0.308 e. The third kappa shape index (κ3) is 2.81. The van der Waals surface area contributed by atoms with Crippen molar-refractivity contribution in [1.29, 1.82) is 0 Å². The summed E-state index contributed by atoms with van der Waals surface area (Å²) in [7, 11) is 0. The fourth-order valence-electron chi connectivity index (χ4n) is 2.05. The van der Waals surface area contributed by atoms with E-state index in [2.05, 4.69) is 10.2 Å². The van der Waals surface area contributed by atoms with Crippen LogP contribution in [0.1, 0.15) is 13.8 Å². The van der Waals surface area contributed by atoms with Crippen molar-refractivity contribution in [1.82, 2.24) is 10.2 Å². The van der Waals surface area contributed by atoms with Crippen molar-refractivity contribution in [3.63, 3.8) is 0 Å². The van der Waals surface area contributed by atoms with E-state index in [1.165, 1.54) is 0 Å². The Bertz CT molecular complexity index is 580.